The number of aliphatic hydroxyl groups excluding tert-OH is 2. The number of nitrogens with one attached hydrogen (secondary N) is 1. The Kier molecular flexibility index (Phi) is 38.8. The highest BCUT2D eigenvalue weighted by atomic mass is 16.5. The zero-order valence-electron chi connectivity index (χ0n) is 33.1. The van der Waals surface area contributed by atoms with Crippen LogP contribution in [0.2, 0.25) is 0 Å². The van der Waals surface area contributed by atoms with Gasteiger partial charge in [-0.25, -0.2) is 0 Å². The molecule has 2 unspecified atom stereocenters. The molecular weight excluding hydrogens is 622 g/mol. The molecule has 0 aliphatic carbocycles. The van der Waals surface area contributed by atoms with Crippen molar-refractivity contribution in [1.82, 2.24) is 5.32 Å². The van der Waals surface area contributed by atoms with Gasteiger partial charge in [-0.1, -0.05) is 173 Å². The second-order valence-electron chi connectivity index (χ2n) is 14.7. The van der Waals surface area contributed by atoms with Crippen LogP contribution in [0.15, 0.2) is 24.3 Å². The third kappa shape index (κ3) is 36.1. The van der Waals surface area contributed by atoms with E-state index < -0.39 is 12.1 Å². The van der Waals surface area contributed by atoms with Crippen molar-refractivity contribution in [2.75, 3.05) is 13.2 Å². The van der Waals surface area contributed by atoms with Gasteiger partial charge in [0.2, 0.25) is 5.91 Å². The standard InChI is InChI=1S/C44H83NO5/c1-3-5-7-9-11-13-15-17-20-24-28-32-36-42(47)41(40-46)45-43(48)37-33-29-25-21-18-19-23-27-31-35-39-50-44(49)38-34-30-26-22-16-14-12-10-8-6-4-2/h19,23,32,36,41-42,46-47H,3-18,20-22,24-31,33-35,37-40H2,1-2H3,(H,45,48)/b23-19-,36-32+. The van der Waals surface area contributed by atoms with Gasteiger partial charge in [0.05, 0.1) is 25.4 Å². The highest BCUT2D eigenvalue weighted by Gasteiger charge is 2.17. The van der Waals surface area contributed by atoms with Crippen molar-refractivity contribution in [1.29, 1.82) is 0 Å². The summed E-state index contributed by atoms with van der Waals surface area (Å²) in [4.78, 5) is 24.3. The number of ether oxygens (including phenoxy) is 1. The van der Waals surface area contributed by atoms with Crippen LogP contribution in [-0.2, 0) is 14.3 Å². The molecule has 0 aliphatic rings. The number of esters is 1. The van der Waals surface area contributed by atoms with Crippen LogP contribution >= 0.6 is 0 Å². The SMILES string of the molecule is CCCCCCCCCCCC/C=C/C(O)C(CO)NC(=O)CCCCCC/C=C\CCCCOC(=O)CCCCCCCCCCCCC. The molecule has 0 bridgehead atoms. The van der Waals surface area contributed by atoms with E-state index in [9.17, 15) is 19.8 Å². The topological polar surface area (TPSA) is 95.9 Å². The number of hydrogen-bond donors (Lipinski definition) is 3. The summed E-state index contributed by atoms with van der Waals surface area (Å²) in [7, 11) is 0. The summed E-state index contributed by atoms with van der Waals surface area (Å²) >= 11 is 0. The molecule has 0 fully saturated rings. The maximum atomic E-state index is 12.3. The summed E-state index contributed by atoms with van der Waals surface area (Å²) in [6, 6.07) is -0.650. The van der Waals surface area contributed by atoms with E-state index in [1.54, 1.807) is 6.08 Å². The summed E-state index contributed by atoms with van der Waals surface area (Å²) in [6.45, 7) is 4.78. The Morgan fingerprint density at radius 1 is 0.540 bits per heavy atom. The third-order valence-corrected chi connectivity index (χ3v) is 9.72. The maximum absolute atomic E-state index is 12.3. The van der Waals surface area contributed by atoms with E-state index in [4.69, 9.17) is 4.74 Å². The number of amides is 1. The molecule has 0 spiro atoms. The van der Waals surface area contributed by atoms with Crippen LogP contribution in [-0.4, -0.2) is 47.4 Å². The zero-order chi connectivity index (χ0) is 36.6. The van der Waals surface area contributed by atoms with Crippen molar-refractivity contribution >= 4 is 11.9 Å². The smallest absolute Gasteiger partial charge is 0.305 e. The van der Waals surface area contributed by atoms with Gasteiger partial charge < -0.3 is 20.3 Å². The van der Waals surface area contributed by atoms with E-state index >= 15 is 0 Å². The highest BCUT2D eigenvalue weighted by molar-refractivity contribution is 5.76. The van der Waals surface area contributed by atoms with Crippen molar-refractivity contribution in [3.63, 3.8) is 0 Å². The Morgan fingerprint density at radius 3 is 1.42 bits per heavy atom. The van der Waals surface area contributed by atoms with Gasteiger partial charge >= 0.3 is 5.97 Å². The van der Waals surface area contributed by atoms with Crippen LogP contribution < -0.4 is 5.32 Å². The summed E-state index contributed by atoms with van der Waals surface area (Å²) < 4.78 is 5.40. The van der Waals surface area contributed by atoms with Crippen molar-refractivity contribution in [3.8, 4) is 0 Å². The first-order valence-corrected chi connectivity index (χ1v) is 21.6. The van der Waals surface area contributed by atoms with Crippen molar-refractivity contribution < 1.29 is 24.5 Å². The van der Waals surface area contributed by atoms with Gasteiger partial charge in [0.1, 0.15) is 0 Å². The number of hydrogen-bond acceptors (Lipinski definition) is 5. The van der Waals surface area contributed by atoms with Gasteiger partial charge in [0.25, 0.3) is 0 Å². The normalized spacial score (nSPS) is 13.0. The summed E-state index contributed by atoms with van der Waals surface area (Å²) in [5.74, 6) is -0.146. The quantitative estimate of drug-likeness (QED) is 0.0336. The van der Waals surface area contributed by atoms with Crippen LogP contribution in [0.25, 0.3) is 0 Å². The Hall–Kier alpha value is -1.66. The summed E-state index contributed by atoms with van der Waals surface area (Å²) in [5.41, 5.74) is 0. The maximum Gasteiger partial charge on any atom is 0.305 e. The molecule has 0 aromatic rings. The van der Waals surface area contributed by atoms with Crippen LogP contribution in [0.4, 0.5) is 0 Å². The lowest BCUT2D eigenvalue weighted by Gasteiger charge is -2.20. The van der Waals surface area contributed by atoms with Crippen LogP contribution in [0.1, 0.15) is 219 Å². The number of unbranched alkanes of at least 4 members (excludes halogenated alkanes) is 26. The van der Waals surface area contributed by atoms with Crippen LogP contribution in [0, 0.1) is 0 Å². The average molecular weight is 706 g/mol. The van der Waals surface area contributed by atoms with Gasteiger partial charge in [-0.3, -0.25) is 9.59 Å². The second kappa shape index (κ2) is 40.1. The van der Waals surface area contributed by atoms with Crippen molar-refractivity contribution in [3.05, 3.63) is 24.3 Å². The molecule has 0 heterocycles. The minimum atomic E-state index is -0.863. The predicted molar refractivity (Wildman–Crippen MR) is 213 cm³/mol. The predicted octanol–water partition coefficient (Wildman–Crippen LogP) is 12.0. The van der Waals surface area contributed by atoms with Gasteiger partial charge in [-0.2, -0.15) is 0 Å². The van der Waals surface area contributed by atoms with Crippen LogP contribution in [0.3, 0.4) is 0 Å². The first kappa shape index (κ1) is 48.3. The number of rotatable bonds is 39. The molecule has 6 heteroatoms. The molecule has 0 aliphatic heterocycles. The molecule has 3 N–H and O–H groups in total. The molecule has 1 amide bonds. The lowest BCUT2D eigenvalue weighted by atomic mass is 10.1. The first-order chi connectivity index (χ1) is 24.5. The fourth-order valence-electron chi connectivity index (χ4n) is 6.33. The molecule has 294 valence electrons. The van der Waals surface area contributed by atoms with Gasteiger partial charge in [-0.15, -0.1) is 0 Å². The van der Waals surface area contributed by atoms with Crippen molar-refractivity contribution in [2.24, 2.45) is 0 Å². The monoisotopic (exact) mass is 706 g/mol. The summed E-state index contributed by atoms with van der Waals surface area (Å²) in [6.07, 6.45) is 44.5. The van der Waals surface area contributed by atoms with E-state index in [-0.39, 0.29) is 18.5 Å². The minimum Gasteiger partial charge on any atom is -0.466 e. The fourth-order valence-corrected chi connectivity index (χ4v) is 6.33. The number of allylic oxidation sites excluding steroid dienone is 3. The molecule has 50 heavy (non-hydrogen) atoms. The lowest BCUT2D eigenvalue weighted by Crippen LogP contribution is -2.45. The Morgan fingerprint density at radius 2 is 0.940 bits per heavy atom. The number of carbonyl (C=O) groups is 2. The first-order valence-electron chi connectivity index (χ1n) is 21.6. The van der Waals surface area contributed by atoms with E-state index in [2.05, 4.69) is 31.3 Å². The van der Waals surface area contributed by atoms with E-state index in [1.807, 2.05) is 6.08 Å². The molecule has 0 aromatic carbocycles. The molecule has 6 nitrogen and oxygen atoms in total. The fraction of sp³-hybridized carbons (Fsp3) is 0.864. The Balaban J connectivity index is 3.60. The highest BCUT2D eigenvalue weighted by Crippen LogP contribution is 2.14. The Labute approximate surface area is 310 Å². The van der Waals surface area contributed by atoms with E-state index in [1.165, 1.54) is 116 Å². The van der Waals surface area contributed by atoms with Gasteiger partial charge in [0, 0.05) is 12.8 Å². The largest absolute Gasteiger partial charge is 0.466 e. The molecule has 0 saturated heterocycles. The number of carbonyl (C=O) groups excluding carboxylic acids is 2. The molecule has 0 aromatic heterocycles. The van der Waals surface area contributed by atoms with Crippen molar-refractivity contribution in [2.45, 2.75) is 231 Å². The summed E-state index contributed by atoms with van der Waals surface area (Å²) in [5, 5.41) is 22.9. The Bertz CT molecular complexity index is 782. The lowest BCUT2D eigenvalue weighted by molar-refractivity contribution is -0.143. The average Bonchev–Trinajstić information content (AvgIpc) is 3.11. The van der Waals surface area contributed by atoms with Gasteiger partial charge in [0.15, 0.2) is 0 Å². The minimum absolute atomic E-state index is 0.0399. The number of aliphatic hydroxyl groups is 2. The molecular formula is C44H83NO5. The third-order valence-electron chi connectivity index (χ3n) is 9.72. The van der Waals surface area contributed by atoms with E-state index in [0.29, 0.717) is 19.4 Å². The molecule has 2 atom stereocenters. The zero-order valence-corrected chi connectivity index (χ0v) is 33.1. The van der Waals surface area contributed by atoms with E-state index in [0.717, 1.165) is 77.0 Å². The molecule has 0 radical (unpaired) electrons. The van der Waals surface area contributed by atoms with Crippen LogP contribution in [0.5, 0.6) is 0 Å². The van der Waals surface area contributed by atoms with Gasteiger partial charge in [-0.05, 0) is 57.8 Å². The second-order valence-corrected chi connectivity index (χ2v) is 14.7. The molecule has 0 rings (SSSR count). The molecule has 0 saturated carbocycles.